The minimum Gasteiger partial charge on any atom is -0.392 e. The summed E-state index contributed by atoms with van der Waals surface area (Å²) in [4.78, 5) is 14.7. The molecule has 5 heteroatoms. The quantitative estimate of drug-likeness (QED) is 0.608. The summed E-state index contributed by atoms with van der Waals surface area (Å²) in [5, 5.41) is 0. The second-order valence-corrected chi connectivity index (χ2v) is 2.52. The fourth-order valence-corrected chi connectivity index (χ4v) is 0.814. The highest BCUT2D eigenvalue weighted by Gasteiger charge is 1.94. The van der Waals surface area contributed by atoms with Crippen molar-refractivity contribution in [3.8, 4) is 0 Å². The van der Waals surface area contributed by atoms with Gasteiger partial charge in [0.25, 0.3) is 0 Å². The fourth-order valence-electron chi connectivity index (χ4n) is 0.675. The first kappa shape index (κ1) is 7.87. The predicted octanol–water partition coefficient (Wildman–Crippen LogP) is -0.471. The Labute approximate surface area is 68.7 Å². The van der Waals surface area contributed by atoms with Crippen LogP contribution in [0.5, 0.6) is 0 Å². The van der Waals surface area contributed by atoms with Crippen LogP contribution in [0.1, 0.15) is 0 Å². The van der Waals surface area contributed by atoms with Gasteiger partial charge in [0.1, 0.15) is 0 Å². The number of thiocarbonyl (C=S) groups is 1. The monoisotopic (exact) mass is 169 g/mol. The Kier molecular flexibility index (Phi) is 2.32. The summed E-state index contributed by atoms with van der Waals surface area (Å²) in [7, 11) is 0. The Morgan fingerprint density at radius 2 is 2.55 bits per heavy atom. The lowest BCUT2D eigenvalue weighted by Gasteiger charge is -1.99. The Morgan fingerprint density at radius 3 is 3.09 bits per heavy atom. The molecule has 4 nitrogen and oxygen atoms in total. The molecule has 0 spiro atoms. The molecule has 11 heavy (non-hydrogen) atoms. The van der Waals surface area contributed by atoms with E-state index in [4.69, 9.17) is 5.73 Å². The molecule has 0 radical (unpaired) electrons. The van der Waals surface area contributed by atoms with E-state index in [1.54, 1.807) is 12.3 Å². The minimum absolute atomic E-state index is 0.252. The number of hydrogen-bond donors (Lipinski definition) is 1. The molecule has 0 aliphatic rings. The summed E-state index contributed by atoms with van der Waals surface area (Å²) >= 11 is 4.63. The van der Waals surface area contributed by atoms with Crippen LogP contribution in [0, 0.1) is 0 Å². The van der Waals surface area contributed by atoms with Crippen molar-refractivity contribution >= 4 is 17.2 Å². The number of rotatable bonds is 2. The van der Waals surface area contributed by atoms with Crippen LogP contribution in [0.4, 0.5) is 0 Å². The first-order chi connectivity index (χ1) is 5.20. The highest BCUT2D eigenvalue weighted by molar-refractivity contribution is 7.80. The molecule has 0 saturated heterocycles. The molecule has 0 bridgehead atoms. The highest BCUT2D eigenvalue weighted by atomic mass is 32.1. The largest absolute Gasteiger partial charge is 0.392 e. The van der Waals surface area contributed by atoms with Gasteiger partial charge in [-0.2, -0.15) is 0 Å². The van der Waals surface area contributed by atoms with Crippen molar-refractivity contribution in [2.24, 2.45) is 5.73 Å². The molecule has 0 amide bonds. The van der Waals surface area contributed by atoms with E-state index >= 15 is 0 Å². The van der Waals surface area contributed by atoms with Gasteiger partial charge in [0.05, 0.1) is 11.5 Å². The van der Waals surface area contributed by atoms with Gasteiger partial charge >= 0.3 is 5.69 Å². The van der Waals surface area contributed by atoms with Crippen LogP contribution < -0.4 is 11.4 Å². The summed E-state index contributed by atoms with van der Waals surface area (Å²) in [6, 6.07) is 1.65. The van der Waals surface area contributed by atoms with Crippen LogP contribution in [-0.4, -0.2) is 14.5 Å². The standard InChI is InChI=1S/C6H7N3OS/c7-5(11)4-9-3-1-2-8-6(9)10/h1-3H,4H2,(H2,7,11). The SMILES string of the molecule is NC(=S)Cn1cccnc1=O. The van der Waals surface area contributed by atoms with Gasteiger partial charge in [-0.05, 0) is 6.07 Å². The van der Waals surface area contributed by atoms with Crippen molar-refractivity contribution in [3.05, 3.63) is 28.9 Å². The third-order valence-corrected chi connectivity index (χ3v) is 1.24. The van der Waals surface area contributed by atoms with Crippen molar-refractivity contribution in [2.45, 2.75) is 6.54 Å². The summed E-state index contributed by atoms with van der Waals surface area (Å²) in [5.74, 6) is 0. The summed E-state index contributed by atoms with van der Waals surface area (Å²) in [6.45, 7) is 0.252. The predicted molar refractivity (Wildman–Crippen MR) is 45.3 cm³/mol. The number of hydrogen-bond acceptors (Lipinski definition) is 3. The first-order valence-corrected chi connectivity index (χ1v) is 3.41. The smallest absolute Gasteiger partial charge is 0.347 e. The molecule has 0 saturated carbocycles. The molecule has 0 fully saturated rings. The number of aromatic nitrogens is 2. The molecule has 0 aliphatic heterocycles. The van der Waals surface area contributed by atoms with E-state index in [0.29, 0.717) is 0 Å². The summed E-state index contributed by atoms with van der Waals surface area (Å²) in [5.41, 5.74) is 4.90. The van der Waals surface area contributed by atoms with E-state index in [0.717, 1.165) is 0 Å². The summed E-state index contributed by atoms with van der Waals surface area (Å²) < 4.78 is 1.35. The van der Waals surface area contributed by atoms with Crippen LogP contribution in [0.15, 0.2) is 23.3 Å². The topological polar surface area (TPSA) is 60.9 Å². The average Bonchev–Trinajstić information content (AvgIpc) is 1.93. The van der Waals surface area contributed by atoms with E-state index in [-0.39, 0.29) is 17.2 Å². The van der Waals surface area contributed by atoms with E-state index in [2.05, 4.69) is 17.2 Å². The maximum atomic E-state index is 10.9. The third kappa shape index (κ3) is 2.12. The lowest BCUT2D eigenvalue weighted by atomic mass is 10.6. The van der Waals surface area contributed by atoms with Crippen LogP contribution in [0.25, 0.3) is 0 Å². The van der Waals surface area contributed by atoms with Gasteiger partial charge in [-0.3, -0.25) is 4.57 Å². The van der Waals surface area contributed by atoms with Gasteiger partial charge in [0.2, 0.25) is 0 Å². The van der Waals surface area contributed by atoms with Crippen LogP contribution in [-0.2, 0) is 6.54 Å². The van der Waals surface area contributed by atoms with E-state index in [1.165, 1.54) is 10.8 Å². The molecule has 0 unspecified atom stereocenters. The number of nitrogens with two attached hydrogens (primary N) is 1. The lowest BCUT2D eigenvalue weighted by molar-refractivity contribution is 0.768. The zero-order chi connectivity index (χ0) is 8.27. The first-order valence-electron chi connectivity index (χ1n) is 3.00. The molecule has 1 aromatic heterocycles. The molecular formula is C6H7N3OS. The molecule has 2 N–H and O–H groups in total. The average molecular weight is 169 g/mol. The normalized spacial score (nSPS) is 9.45. The van der Waals surface area contributed by atoms with E-state index in [1.807, 2.05) is 0 Å². The van der Waals surface area contributed by atoms with Crippen molar-refractivity contribution in [3.63, 3.8) is 0 Å². The van der Waals surface area contributed by atoms with Crippen LogP contribution in [0.2, 0.25) is 0 Å². The Hall–Kier alpha value is -1.23. The van der Waals surface area contributed by atoms with Gasteiger partial charge < -0.3 is 5.73 Å². The number of nitrogens with zero attached hydrogens (tertiary/aromatic N) is 2. The molecule has 0 aromatic carbocycles. The van der Waals surface area contributed by atoms with E-state index in [9.17, 15) is 4.79 Å². The van der Waals surface area contributed by atoms with E-state index < -0.39 is 0 Å². The molecule has 58 valence electrons. The van der Waals surface area contributed by atoms with Crippen molar-refractivity contribution < 1.29 is 0 Å². The van der Waals surface area contributed by atoms with Gasteiger partial charge in [0, 0.05) is 12.4 Å². The second kappa shape index (κ2) is 3.25. The molecular weight excluding hydrogens is 162 g/mol. The Balaban J connectivity index is 2.95. The van der Waals surface area contributed by atoms with Gasteiger partial charge in [-0.1, -0.05) is 12.2 Å². The van der Waals surface area contributed by atoms with Crippen molar-refractivity contribution in [1.82, 2.24) is 9.55 Å². The lowest BCUT2D eigenvalue weighted by Crippen LogP contribution is -2.27. The molecule has 1 heterocycles. The Bertz CT molecular complexity index is 320. The minimum atomic E-state index is -0.333. The highest BCUT2D eigenvalue weighted by Crippen LogP contribution is 1.78. The third-order valence-electron chi connectivity index (χ3n) is 1.11. The van der Waals surface area contributed by atoms with Gasteiger partial charge in [-0.25, -0.2) is 9.78 Å². The molecule has 0 aliphatic carbocycles. The molecule has 1 rings (SSSR count). The zero-order valence-electron chi connectivity index (χ0n) is 5.73. The Morgan fingerprint density at radius 1 is 1.82 bits per heavy atom. The maximum absolute atomic E-state index is 10.9. The van der Waals surface area contributed by atoms with Crippen LogP contribution in [0.3, 0.4) is 0 Å². The summed E-state index contributed by atoms with van der Waals surface area (Å²) in [6.07, 6.45) is 3.02. The second-order valence-electron chi connectivity index (χ2n) is 2.00. The van der Waals surface area contributed by atoms with Crippen molar-refractivity contribution in [1.29, 1.82) is 0 Å². The fraction of sp³-hybridized carbons (Fsp3) is 0.167. The van der Waals surface area contributed by atoms with Gasteiger partial charge in [0.15, 0.2) is 0 Å². The van der Waals surface area contributed by atoms with Crippen molar-refractivity contribution in [2.75, 3.05) is 0 Å². The molecule has 0 atom stereocenters. The maximum Gasteiger partial charge on any atom is 0.347 e. The zero-order valence-corrected chi connectivity index (χ0v) is 6.54. The van der Waals surface area contributed by atoms with Crippen LogP contribution >= 0.6 is 12.2 Å². The van der Waals surface area contributed by atoms with Gasteiger partial charge in [-0.15, -0.1) is 0 Å². The molecule has 1 aromatic rings.